The van der Waals surface area contributed by atoms with Crippen molar-refractivity contribution in [3.8, 4) is 0 Å². The third-order valence-electron chi connectivity index (χ3n) is 5.88. The van der Waals surface area contributed by atoms with Gasteiger partial charge in [0.25, 0.3) is 0 Å². The third-order valence-corrected chi connectivity index (χ3v) is 5.88. The molecule has 4 rings (SSSR count). The maximum Gasteiger partial charge on any atom is 0.490 e. The molecule has 0 bridgehead atoms. The Balaban J connectivity index is 0.000000333. The minimum atomic E-state index is -5.08. The highest BCUT2D eigenvalue weighted by Crippen LogP contribution is 2.38. The van der Waals surface area contributed by atoms with E-state index < -0.39 is 24.3 Å². The molecule has 0 aliphatic carbocycles. The summed E-state index contributed by atoms with van der Waals surface area (Å²) >= 11 is 0. The van der Waals surface area contributed by atoms with Gasteiger partial charge in [-0.1, -0.05) is 12.1 Å². The van der Waals surface area contributed by atoms with Crippen molar-refractivity contribution < 1.29 is 55.6 Å². The summed E-state index contributed by atoms with van der Waals surface area (Å²) in [4.78, 5) is 28.7. The first-order chi connectivity index (χ1) is 18.7. The van der Waals surface area contributed by atoms with Gasteiger partial charge in [0, 0.05) is 51.4 Å². The number of hydrogen-bond donors (Lipinski definition) is 2. The van der Waals surface area contributed by atoms with Crippen LogP contribution in [0.5, 0.6) is 0 Å². The standard InChI is InChI=1S/C21H27N3O2.2C2HF3O2/c1-2-9-23-20(5-1)15-25-10-6-18-7-11-26-21(12-18)16-24(17-21)14-19-4-3-8-22-13-19;2*3-2(4,5)1(6)7/h1-5,8-9,13,18H,6-7,10-12,14-17H2;2*(H,6,7). The highest BCUT2D eigenvalue weighted by Gasteiger charge is 2.47. The van der Waals surface area contributed by atoms with Crippen molar-refractivity contribution in [2.45, 2.75) is 50.4 Å². The van der Waals surface area contributed by atoms with Crippen molar-refractivity contribution in [2.24, 2.45) is 5.92 Å². The third kappa shape index (κ3) is 11.8. The maximum absolute atomic E-state index is 10.6. The molecular weight excluding hydrogens is 552 g/mol. The number of alkyl halides is 6. The van der Waals surface area contributed by atoms with Crippen LogP contribution in [0, 0.1) is 5.92 Å². The van der Waals surface area contributed by atoms with Gasteiger partial charge in [0.15, 0.2) is 0 Å². The van der Waals surface area contributed by atoms with Crippen LogP contribution in [0.1, 0.15) is 30.5 Å². The minimum absolute atomic E-state index is 0.0755. The van der Waals surface area contributed by atoms with Gasteiger partial charge in [0.05, 0.1) is 17.9 Å². The van der Waals surface area contributed by atoms with Gasteiger partial charge in [-0.2, -0.15) is 26.3 Å². The van der Waals surface area contributed by atoms with Crippen LogP contribution in [0.2, 0.25) is 0 Å². The summed E-state index contributed by atoms with van der Waals surface area (Å²) in [5, 5.41) is 14.2. The average Bonchev–Trinajstić information content (AvgIpc) is 2.87. The minimum Gasteiger partial charge on any atom is -0.475 e. The molecule has 4 heterocycles. The number of likely N-dealkylation sites (tertiary alicyclic amines) is 1. The van der Waals surface area contributed by atoms with E-state index in [9.17, 15) is 26.3 Å². The van der Waals surface area contributed by atoms with E-state index in [1.54, 1.807) is 0 Å². The fourth-order valence-corrected chi connectivity index (χ4v) is 4.14. The molecule has 2 aromatic heterocycles. The smallest absolute Gasteiger partial charge is 0.475 e. The van der Waals surface area contributed by atoms with Gasteiger partial charge in [-0.05, 0) is 48.9 Å². The Morgan fingerprint density at radius 1 is 1.02 bits per heavy atom. The fraction of sp³-hybridized carbons (Fsp3) is 0.520. The summed E-state index contributed by atoms with van der Waals surface area (Å²) in [5.74, 6) is -4.81. The van der Waals surface area contributed by atoms with Crippen molar-refractivity contribution in [2.75, 3.05) is 26.3 Å². The van der Waals surface area contributed by atoms with Crippen molar-refractivity contribution in [1.29, 1.82) is 0 Å². The molecule has 2 fully saturated rings. The molecule has 2 N–H and O–H groups in total. The molecule has 1 unspecified atom stereocenters. The zero-order valence-electron chi connectivity index (χ0n) is 21.2. The number of carbonyl (C=O) groups is 2. The molecule has 2 aliphatic heterocycles. The molecule has 2 aromatic rings. The van der Waals surface area contributed by atoms with E-state index in [1.807, 2.05) is 42.9 Å². The summed E-state index contributed by atoms with van der Waals surface area (Å²) in [7, 11) is 0. The first kappa shape index (κ1) is 32.9. The Bertz CT molecular complexity index is 1030. The van der Waals surface area contributed by atoms with Crippen LogP contribution >= 0.6 is 0 Å². The Kier molecular flexibility index (Phi) is 12.3. The molecule has 2 saturated heterocycles. The quantitative estimate of drug-likeness (QED) is 0.364. The van der Waals surface area contributed by atoms with Crippen LogP contribution in [0.4, 0.5) is 26.3 Å². The fourth-order valence-electron chi connectivity index (χ4n) is 4.14. The number of pyridine rings is 2. The van der Waals surface area contributed by atoms with Gasteiger partial charge in [-0.15, -0.1) is 0 Å². The van der Waals surface area contributed by atoms with E-state index in [4.69, 9.17) is 29.3 Å². The number of hydrogen-bond acceptors (Lipinski definition) is 7. The van der Waals surface area contributed by atoms with Crippen LogP contribution in [0.15, 0.2) is 48.9 Å². The predicted molar refractivity (Wildman–Crippen MR) is 127 cm³/mol. The second-order valence-corrected chi connectivity index (χ2v) is 9.16. The molecule has 0 saturated carbocycles. The van der Waals surface area contributed by atoms with Crippen LogP contribution in [0.25, 0.3) is 0 Å². The van der Waals surface area contributed by atoms with E-state index in [0.29, 0.717) is 12.5 Å². The number of carboxylic acids is 2. The van der Waals surface area contributed by atoms with Crippen LogP contribution in [0.3, 0.4) is 0 Å². The lowest BCUT2D eigenvalue weighted by Gasteiger charge is -2.53. The lowest BCUT2D eigenvalue weighted by molar-refractivity contribution is -0.193. The predicted octanol–water partition coefficient (Wildman–Crippen LogP) is 4.33. The molecular formula is C25H29F6N3O6. The molecule has 9 nitrogen and oxygen atoms in total. The Labute approximate surface area is 225 Å². The number of carboxylic acid groups (broad SMARTS) is 2. The van der Waals surface area contributed by atoms with Crippen LogP contribution < -0.4 is 0 Å². The van der Waals surface area contributed by atoms with Gasteiger partial charge < -0.3 is 19.7 Å². The number of aliphatic carboxylic acids is 2. The van der Waals surface area contributed by atoms with Crippen molar-refractivity contribution in [3.05, 3.63) is 60.2 Å². The van der Waals surface area contributed by atoms with E-state index in [0.717, 1.165) is 57.8 Å². The SMILES string of the molecule is O=C(O)C(F)(F)F.O=C(O)C(F)(F)F.c1ccc(COCCC2CCOC3(C2)CN(Cc2cccnc2)C3)nc1. The monoisotopic (exact) mass is 581 g/mol. The number of nitrogens with zero attached hydrogens (tertiary/aromatic N) is 3. The highest BCUT2D eigenvalue weighted by molar-refractivity contribution is 5.73. The van der Waals surface area contributed by atoms with Crippen LogP contribution in [-0.2, 0) is 32.2 Å². The molecule has 1 atom stereocenters. The van der Waals surface area contributed by atoms with Crippen molar-refractivity contribution in [1.82, 2.24) is 14.9 Å². The molecule has 40 heavy (non-hydrogen) atoms. The Morgan fingerprint density at radius 2 is 1.68 bits per heavy atom. The number of rotatable bonds is 7. The first-order valence-corrected chi connectivity index (χ1v) is 12.0. The number of aromatic nitrogens is 2. The normalized spacial score (nSPS) is 18.4. The average molecular weight is 582 g/mol. The summed E-state index contributed by atoms with van der Waals surface area (Å²) < 4.78 is 75.5. The van der Waals surface area contributed by atoms with Crippen molar-refractivity contribution >= 4 is 11.9 Å². The summed E-state index contributed by atoms with van der Waals surface area (Å²) in [6.45, 7) is 5.33. The van der Waals surface area contributed by atoms with Crippen molar-refractivity contribution in [3.63, 3.8) is 0 Å². The molecule has 0 radical (unpaired) electrons. The van der Waals surface area contributed by atoms with E-state index in [-0.39, 0.29) is 5.60 Å². The molecule has 0 amide bonds. The van der Waals surface area contributed by atoms with Gasteiger partial charge >= 0.3 is 24.3 Å². The van der Waals surface area contributed by atoms with E-state index >= 15 is 0 Å². The second kappa shape index (κ2) is 14.9. The lowest BCUT2D eigenvalue weighted by Crippen LogP contribution is -2.64. The Morgan fingerprint density at radius 3 is 2.20 bits per heavy atom. The van der Waals surface area contributed by atoms with Gasteiger partial charge in [0.2, 0.25) is 0 Å². The summed E-state index contributed by atoms with van der Waals surface area (Å²) in [6, 6.07) is 10.1. The number of ether oxygens (including phenoxy) is 2. The molecule has 1 spiro atoms. The Hall–Kier alpha value is -3.30. The number of halogens is 6. The summed E-state index contributed by atoms with van der Waals surface area (Å²) in [6.07, 6.45) is -1.16. The second-order valence-electron chi connectivity index (χ2n) is 9.16. The molecule has 222 valence electrons. The molecule has 0 aromatic carbocycles. The zero-order chi connectivity index (χ0) is 29.8. The van der Waals surface area contributed by atoms with Crippen LogP contribution in [-0.4, -0.2) is 81.3 Å². The van der Waals surface area contributed by atoms with Gasteiger partial charge in [-0.25, -0.2) is 9.59 Å². The maximum atomic E-state index is 10.6. The van der Waals surface area contributed by atoms with E-state index in [2.05, 4.69) is 20.9 Å². The first-order valence-electron chi connectivity index (χ1n) is 12.0. The lowest BCUT2D eigenvalue weighted by atomic mass is 9.79. The highest BCUT2D eigenvalue weighted by atomic mass is 19.4. The molecule has 2 aliphatic rings. The summed E-state index contributed by atoms with van der Waals surface area (Å²) in [5.41, 5.74) is 2.35. The molecule has 15 heteroatoms. The zero-order valence-corrected chi connectivity index (χ0v) is 21.2. The van der Waals surface area contributed by atoms with E-state index in [1.165, 1.54) is 5.56 Å². The van der Waals surface area contributed by atoms with Gasteiger partial charge in [0.1, 0.15) is 0 Å². The largest absolute Gasteiger partial charge is 0.490 e. The topological polar surface area (TPSA) is 122 Å². The van der Waals surface area contributed by atoms with Gasteiger partial charge in [-0.3, -0.25) is 14.9 Å².